The molecule has 0 saturated heterocycles. The van der Waals surface area contributed by atoms with Gasteiger partial charge in [-0.3, -0.25) is 4.79 Å². The molecule has 0 unspecified atom stereocenters. The number of nitrogens with one attached hydrogen (secondary N) is 1. The van der Waals surface area contributed by atoms with E-state index in [1.165, 1.54) is 11.8 Å². The first-order valence-corrected chi connectivity index (χ1v) is 10.8. The minimum absolute atomic E-state index is 0.0495. The second-order valence-electron chi connectivity index (χ2n) is 7.23. The quantitative estimate of drug-likeness (QED) is 0.348. The number of phenols is 1. The first-order valence-electron chi connectivity index (χ1n) is 8.43. The van der Waals surface area contributed by atoms with Crippen LogP contribution >= 0.6 is 47.8 Å². The first-order chi connectivity index (χ1) is 13.0. The highest BCUT2D eigenvalue weighted by Crippen LogP contribution is 2.38. The summed E-state index contributed by atoms with van der Waals surface area (Å²) in [5.41, 5.74) is 5.25. The van der Waals surface area contributed by atoms with Gasteiger partial charge in [-0.1, -0.05) is 48.8 Å². The van der Waals surface area contributed by atoms with E-state index in [1.807, 2.05) is 19.1 Å². The highest BCUT2D eigenvalue weighted by atomic mass is 79.9. The number of phenolic OH excluding ortho intramolecular Hbond substituents is 1. The van der Waals surface area contributed by atoms with Crippen LogP contribution in [-0.2, 0) is 10.2 Å². The molecule has 28 heavy (non-hydrogen) atoms. The van der Waals surface area contributed by atoms with Gasteiger partial charge in [-0.05, 0) is 67.5 Å². The topological polar surface area (TPSA) is 70.9 Å². The molecule has 0 aliphatic heterocycles. The van der Waals surface area contributed by atoms with Crippen molar-refractivity contribution in [2.45, 2.75) is 33.1 Å². The molecule has 0 aliphatic carbocycles. The number of rotatable bonds is 5. The third-order valence-corrected chi connectivity index (χ3v) is 6.03. The van der Waals surface area contributed by atoms with Crippen molar-refractivity contribution in [3.63, 3.8) is 0 Å². The Morgan fingerprint density at radius 2 is 1.89 bits per heavy atom. The Labute approximate surface area is 189 Å². The lowest BCUT2D eigenvalue weighted by molar-refractivity contribution is -0.123. The van der Waals surface area contributed by atoms with Gasteiger partial charge in [-0.15, -0.1) is 0 Å². The summed E-state index contributed by atoms with van der Waals surface area (Å²) in [6.07, 6.45) is 1.43. The molecule has 0 radical (unpaired) electrons. The molecule has 2 aromatic carbocycles. The van der Waals surface area contributed by atoms with E-state index in [9.17, 15) is 9.90 Å². The summed E-state index contributed by atoms with van der Waals surface area (Å²) >= 11 is 9.93. The summed E-state index contributed by atoms with van der Waals surface area (Å²) in [5.74, 6) is 0.327. The monoisotopic (exact) mass is 574 g/mol. The van der Waals surface area contributed by atoms with E-state index in [2.05, 4.69) is 85.2 Å². The van der Waals surface area contributed by atoms with Gasteiger partial charge in [0.1, 0.15) is 11.5 Å². The van der Waals surface area contributed by atoms with Crippen LogP contribution in [0.3, 0.4) is 0 Å². The van der Waals surface area contributed by atoms with E-state index in [0.717, 1.165) is 5.56 Å². The second kappa shape index (κ2) is 9.41. The van der Waals surface area contributed by atoms with Gasteiger partial charge in [-0.2, -0.15) is 5.10 Å². The van der Waals surface area contributed by atoms with Crippen LogP contribution in [0, 0.1) is 6.92 Å². The maximum atomic E-state index is 12.0. The summed E-state index contributed by atoms with van der Waals surface area (Å²) in [4.78, 5) is 12.0. The van der Waals surface area contributed by atoms with Crippen molar-refractivity contribution in [1.82, 2.24) is 5.43 Å². The summed E-state index contributed by atoms with van der Waals surface area (Å²) in [5, 5.41) is 13.9. The normalized spacial score (nSPS) is 11.7. The van der Waals surface area contributed by atoms with Gasteiger partial charge in [0.25, 0.3) is 5.91 Å². The van der Waals surface area contributed by atoms with Crippen molar-refractivity contribution < 1.29 is 14.6 Å². The van der Waals surface area contributed by atoms with E-state index in [4.69, 9.17) is 4.74 Å². The highest BCUT2D eigenvalue weighted by Gasteiger charge is 2.15. The average molecular weight is 577 g/mol. The molecule has 0 spiro atoms. The van der Waals surface area contributed by atoms with Crippen molar-refractivity contribution in [2.75, 3.05) is 6.61 Å². The minimum atomic E-state index is -0.385. The Morgan fingerprint density at radius 3 is 2.50 bits per heavy atom. The number of amides is 1. The number of halogens is 3. The molecule has 0 aliphatic rings. The Kier molecular flexibility index (Phi) is 7.70. The number of aryl methyl sites for hydroxylation is 1. The van der Waals surface area contributed by atoms with Crippen molar-refractivity contribution in [1.29, 1.82) is 0 Å². The molecule has 0 fully saturated rings. The second-order valence-corrected chi connectivity index (χ2v) is 9.73. The SMILES string of the molecule is Cc1cc(C(C)(C)C)ccc1OCC(=O)N/N=C/c1c(Br)cc(Br)c(O)c1Br. The number of benzene rings is 2. The lowest BCUT2D eigenvalue weighted by Gasteiger charge is -2.20. The minimum Gasteiger partial charge on any atom is -0.506 e. The number of carbonyl (C=O) groups excluding carboxylic acids is 1. The summed E-state index contributed by atoms with van der Waals surface area (Å²) in [7, 11) is 0. The molecule has 1 amide bonds. The number of hydrogen-bond donors (Lipinski definition) is 2. The Bertz CT molecular complexity index is 922. The van der Waals surface area contributed by atoms with E-state index in [0.29, 0.717) is 24.7 Å². The summed E-state index contributed by atoms with van der Waals surface area (Å²) in [6, 6.07) is 7.65. The lowest BCUT2D eigenvalue weighted by atomic mass is 9.86. The van der Waals surface area contributed by atoms with Gasteiger partial charge < -0.3 is 9.84 Å². The van der Waals surface area contributed by atoms with Crippen LogP contribution in [0.5, 0.6) is 11.5 Å². The number of carbonyl (C=O) groups is 1. The average Bonchev–Trinajstić information content (AvgIpc) is 2.60. The molecule has 0 atom stereocenters. The number of ether oxygens (including phenoxy) is 1. The molecule has 2 aromatic rings. The maximum absolute atomic E-state index is 12.0. The maximum Gasteiger partial charge on any atom is 0.277 e. The molecule has 2 N–H and O–H groups in total. The molecule has 0 aromatic heterocycles. The van der Waals surface area contributed by atoms with Gasteiger partial charge in [0, 0.05) is 10.0 Å². The number of aromatic hydroxyl groups is 1. The molecule has 0 heterocycles. The van der Waals surface area contributed by atoms with Crippen molar-refractivity contribution >= 4 is 59.9 Å². The van der Waals surface area contributed by atoms with Crippen molar-refractivity contribution in [3.05, 3.63) is 54.4 Å². The summed E-state index contributed by atoms with van der Waals surface area (Å²) < 4.78 is 7.29. The molecular weight excluding hydrogens is 556 g/mol. The van der Waals surface area contributed by atoms with E-state index >= 15 is 0 Å². The van der Waals surface area contributed by atoms with Gasteiger partial charge in [0.15, 0.2) is 6.61 Å². The van der Waals surface area contributed by atoms with Crippen LogP contribution in [0.15, 0.2) is 42.8 Å². The highest BCUT2D eigenvalue weighted by molar-refractivity contribution is 9.11. The van der Waals surface area contributed by atoms with Crippen LogP contribution in [0.1, 0.15) is 37.5 Å². The molecular formula is C20H21Br3N2O3. The molecule has 150 valence electrons. The van der Waals surface area contributed by atoms with Crippen LogP contribution in [-0.4, -0.2) is 23.8 Å². The zero-order valence-corrected chi connectivity index (χ0v) is 20.7. The smallest absolute Gasteiger partial charge is 0.277 e. The van der Waals surface area contributed by atoms with Gasteiger partial charge >= 0.3 is 0 Å². The van der Waals surface area contributed by atoms with Gasteiger partial charge in [0.2, 0.25) is 0 Å². The lowest BCUT2D eigenvalue weighted by Crippen LogP contribution is -2.25. The summed E-state index contributed by atoms with van der Waals surface area (Å²) in [6.45, 7) is 8.25. The van der Waals surface area contributed by atoms with E-state index in [-0.39, 0.29) is 23.7 Å². The van der Waals surface area contributed by atoms with Gasteiger partial charge in [-0.25, -0.2) is 5.43 Å². The number of hydrazone groups is 1. The molecule has 0 saturated carbocycles. The van der Waals surface area contributed by atoms with Crippen LogP contribution in [0.4, 0.5) is 0 Å². The van der Waals surface area contributed by atoms with Crippen LogP contribution in [0.25, 0.3) is 0 Å². The van der Waals surface area contributed by atoms with Crippen molar-refractivity contribution in [3.8, 4) is 11.5 Å². The Morgan fingerprint density at radius 1 is 1.21 bits per heavy atom. The largest absolute Gasteiger partial charge is 0.506 e. The predicted molar refractivity (Wildman–Crippen MR) is 122 cm³/mol. The Balaban J connectivity index is 1.97. The number of nitrogens with zero attached hydrogens (tertiary/aromatic N) is 1. The first kappa shape index (κ1) is 22.9. The fourth-order valence-corrected chi connectivity index (χ4v) is 4.66. The molecule has 2 rings (SSSR count). The number of hydrogen-bond acceptors (Lipinski definition) is 4. The zero-order chi connectivity index (χ0) is 21.1. The van der Waals surface area contributed by atoms with E-state index in [1.54, 1.807) is 6.07 Å². The predicted octanol–water partition coefficient (Wildman–Crippen LogP) is 5.81. The molecule has 8 heteroatoms. The van der Waals surface area contributed by atoms with Crippen LogP contribution in [0.2, 0.25) is 0 Å². The fourth-order valence-electron chi connectivity index (χ4n) is 2.34. The standard InChI is InChI=1S/C20H21Br3N2O3/c1-11-7-12(20(2,3)4)5-6-16(11)28-10-17(26)25-24-9-13-14(21)8-15(22)19(27)18(13)23/h5-9,27H,10H2,1-4H3,(H,25,26)/b24-9+. The van der Waals surface area contributed by atoms with Crippen molar-refractivity contribution in [2.24, 2.45) is 5.10 Å². The van der Waals surface area contributed by atoms with Crippen LogP contribution < -0.4 is 10.2 Å². The van der Waals surface area contributed by atoms with Gasteiger partial charge in [0.05, 0.1) is 15.2 Å². The molecule has 0 bridgehead atoms. The Hall–Kier alpha value is -1.38. The van der Waals surface area contributed by atoms with E-state index < -0.39 is 0 Å². The third-order valence-electron chi connectivity index (χ3n) is 3.96. The zero-order valence-electron chi connectivity index (χ0n) is 15.9. The third kappa shape index (κ3) is 5.81. The fraction of sp³-hybridized carbons (Fsp3) is 0.300. The molecule has 5 nitrogen and oxygen atoms in total.